The van der Waals surface area contributed by atoms with E-state index in [2.05, 4.69) is 4.99 Å². The van der Waals surface area contributed by atoms with E-state index in [0.29, 0.717) is 17.4 Å². The van der Waals surface area contributed by atoms with Crippen LogP contribution < -0.4 is 9.64 Å². The lowest BCUT2D eigenvalue weighted by atomic mass is 10.1. The molecule has 170 valence electrons. The van der Waals surface area contributed by atoms with Crippen molar-refractivity contribution < 1.29 is 24.5 Å². The van der Waals surface area contributed by atoms with Gasteiger partial charge in [-0.3, -0.25) is 19.5 Å². The molecule has 0 aromatic heterocycles. The summed E-state index contributed by atoms with van der Waals surface area (Å²) in [4.78, 5) is 32.6. The Kier molecular flexibility index (Phi) is 8.31. The summed E-state index contributed by atoms with van der Waals surface area (Å²) in [6.07, 6.45) is -0.214. The van der Waals surface area contributed by atoms with E-state index >= 15 is 0 Å². The number of para-hydroxylation sites is 1. The summed E-state index contributed by atoms with van der Waals surface area (Å²) in [6, 6.07) is 12.0. The highest BCUT2D eigenvalue weighted by molar-refractivity contribution is 8.16. The Hall–Kier alpha value is -2.39. The van der Waals surface area contributed by atoms with Crippen LogP contribution in [0.1, 0.15) is 29.3 Å². The van der Waals surface area contributed by atoms with Gasteiger partial charge in [0.2, 0.25) is 0 Å². The van der Waals surface area contributed by atoms with E-state index in [-0.39, 0.29) is 34.6 Å². The Morgan fingerprint density at radius 1 is 1.31 bits per heavy atom. The number of hydrogen-bond donors (Lipinski definition) is 2. The maximum absolute atomic E-state index is 13.3. The van der Waals surface area contributed by atoms with Crippen molar-refractivity contribution >= 4 is 45.9 Å². The van der Waals surface area contributed by atoms with Crippen molar-refractivity contribution in [1.82, 2.24) is 0 Å². The van der Waals surface area contributed by atoms with Gasteiger partial charge >= 0.3 is 0 Å². The second-order valence-corrected chi connectivity index (χ2v) is 8.76. The number of nitrogens with zero attached hydrogens (tertiary/aromatic N) is 2. The molecule has 2 aromatic rings. The molecular formula is C23H25ClN2O5S. The van der Waals surface area contributed by atoms with Crippen LogP contribution in [-0.2, 0) is 4.79 Å². The normalized spacial score (nSPS) is 18.3. The number of amides is 1. The van der Waals surface area contributed by atoms with E-state index in [1.807, 2.05) is 38.1 Å². The minimum atomic E-state index is -1.03. The Labute approximate surface area is 196 Å². The Bertz CT molecular complexity index is 1030. The molecule has 2 atom stereocenters. The monoisotopic (exact) mass is 476 g/mol. The molecule has 0 aliphatic carbocycles. The highest BCUT2D eigenvalue weighted by atomic mass is 35.5. The van der Waals surface area contributed by atoms with E-state index in [0.717, 1.165) is 23.7 Å². The lowest BCUT2D eigenvalue weighted by Crippen LogP contribution is -2.35. The van der Waals surface area contributed by atoms with Gasteiger partial charge in [-0.1, -0.05) is 48.5 Å². The quantitative estimate of drug-likeness (QED) is 0.424. The van der Waals surface area contributed by atoms with Crippen LogP contribution in [-0.4, -0.2) is 58.2 Å². The van der Waals surface area contributed by atoms with Gasteiger partial charge in [-0.05, 0) is 43.2 Å². The molecule has 1 fully saturated rings. The van der Waals surface area contributed by atoms with Crippen LogP contribution in [0, 0.1) is 6.92 Å². The molecule has 9 heteroatoms. The Morgan fingerprint density at radius 2 is 2.06 bits per heavy atom. The summed E-state index contributed by atoms with van der Waals surface area (Å²) in [6.45, 7) is 3.89. The molecule has 0 saturated carbocycles. The Morgan fingerprint density at radius 3 is 2.72 bits per heavy atom. The zero-order valence-corrected chi connectivity index (χ0v) is 19.4. The Balaban J connectivity index is 1.86. The third-order valence-corrected chi connectivity index (χ3v) is 6.25. The third-order valence-electron chi connectivity index (χ3n) is 4.78. The first kappa shape index (κ1) is 24.3. The van der Waals surface area contributed by atoms with Crippen molar-refractivity contribution in [2.75, 3.05) is 24.7 Å². The number of thioether (sulfide) groups is 1. The third kappa shape index (κ3) is 5.32. The number of halogens is 1. The topological polar surface area (TPSA) is 99.4 Å². The van der Waals surface area contributed by atoms with Gasteiger partial charge in [0, 0.05) is 12.1 Å². The largest absolute Gasteiger partial charge is 0.489 e. The van der Waals surface area contributed by atoms with Gasteiger partial charge in [0.25, 0.3) is 5.91 Å². The first-order valence-electron chi connectivity index (χ1n) is 10.2. The van der Waals surface area contributed by atoms with Gasteiger partial charge in [-0.2, -0.15) is 0 Å². The average molecular weight is 477 g/mol. The van der Waals surface area contributed by atoms with Crippen LogP contribution in [0.4, 0.5) is 5.69 Å². The van der Waals surface area contributed by atoms with Gasteiger partial charge in [0.1, 0.15) is 18.5 Å². The smallest absolute Gasteiger partial charge is 0.254 e. The molecule has 7 nitrogen and oxygen atoms in total. The number of ether oxygens (including phenoxy) is 1. The molecule has 1 aliphatic rings. The highest BCUT2D eigenvalue weighted by Gasteiger charge is 2.44. The summed E-state index contributed by atoms with van der Waals surface area (Å²) >= 11 is 7.38. The van der Waals surface area contributed by atoms with Crippen molar-refractivity contribution in [2.45, 2.75) is 31.6 Å². The van der Waals surface area contributed by atoms with Crippen LogP contribution in [0.3, 0.4) is 0 Å². The maximum atomic E-state index is 13.3. The minimum absolute atomic E-state index is 0.136. The summed E-state index contributed by atoms with van der Waals surface area (Å²) in [5.74, 6) is -0.441. The highest BCUT2D eigenvalue weighted by Crippen LogP contribution is 2.36. The number of anilines is 1. The number of aliphatic hydroxyl groups is 2. The molecular weight excluding hydrogens is 452 g/mol. The van der Waals surface area contributed by atoms with E-state index < -0.39 is 18.0 Å². The lowest BCUT2D eigenvalue weighted by molar-refractivity contribution is -0.116. The first-order chi connectivity index (χ1) is 15.4. The molecule has 0 radical (unpaired) electrons. The minimum Gasteiger partial charge on any atom is -0.489 e. The molecule has 2 aromatic carbocycles. The lowest BCUT2D eigenvalue weighted by Gasteiger charge is -2.18. The number of ketones is 1. The number of aliphatic hydroxyl groups excluding tert-OH is 2. The second kappa shape index (κ2) is 11.0. The van der Waals surface area contributed by atoms with Crippen LogP contribution in [0.15, 0.2) is 47.5 Å². The number of Topliss-reactive ketones (excluding diaryl/α,β-unsaturated/α-hetero) is 1. The molecule has 0 spiro atoms. The van der Waals surface area contributed by atoms with E-state index in [9.17, 15) is 14.7 Å². The number of carbonyl (C=O) groups excluding carboxylic acids is 2. The molecule has 1 heterocycles. The predicted octanol–water partition coefficient (Wildman–Crippen LogP) is 3.48. The van der Waals surface area contributed by atoms with Gasteiger partial charge < -0.3 is 14.9 Å². The molecule has 1 amide bonds. The number of carbonyl (C=O) groups is 2. The number of aryl methyl sites for hydroxylation is 1. The molecule has 2 N–H and O–H groups in total. The van der Waals surface area contributed by atoms with E-state index in [1.54, 1.807) is 0 Å². The zero-order valence-electron chi connectivity index (χ0n) is 17.8. The predicted molar refractivity (Wildman–Crippen MR) is 127 cm³/mol. The summed E-state index contributed by atoms with van der Waals surface area (Å²) in [5.41, 5.74) is 1.89. The number of benzene rings is 2. The second-order valence-electron chi connectivity index (χ2n) is 7.28. The van der Waals surface area contributed by atoms with Crippen LogP contribution in [0.5, 0.6) is 5.75 Å². The fourth-order valence-corrected chi connectivity index (χ4v) is 4.45. The van der Waals surface area contributed by atoms with Gasteiger partial charge in [0.05, 0.1) is 17.3 Å². The van der Waals surface area contributed by atoms with Crippen molar-refractivity contribution in [3.05, 3.63) is 58.6 Å². The molecule has 1 aliphatic heterocycles. The average Bonchev–Trinajstić information content (AvgIpc) is 3.12. The van der Waals surface area contributed by atoms with Crippen LogP contribution in [0.25, 0.3) is 0 Å². The van der Waals surface area contributed by atoms with Crippen molar-refractivity contribution in [1.29, 1.82) is 0 Å². The maximum Gasteiger partial charge on any atom is 0.254 e. The fourth-order valence-electron chi connectivity index (χ4n) is 3.10. The van der Waals surface area contributed by atoms with Gasteiger partial charge in [-0.15, -0.1) is 0 Å². The van der Waals surface area contributed by atoms with E-state index in [4.69, 9.17) is 21.4 Å². The number of amidine groups is 1. The van der Waals surface area contributed by atoms with Gasteiger partial charge in [0.15, 0.2) is 16.2 Å². The van der Waals surface area contributed by atoms with Crippen LogP contribution >= 0.6 is 23.4 Å². The van der Waals surface area contributed by atoms with Gasteiger partial charge in [-0.25, -0.2) is 0 Å². The van der Waals surface area contributed by atoms with E-state index in [1.165, 1.54) is 23.1 Å². The summed E-state index contributed by atoms with van der Waals surface area (Å²) in [5, 5.41) is 18.0. The zero-order chi connectivity index (χ0) is 23.3. The fraction of sp³-hybridized carbons (Fsp3) is 0.348. The summed E-state index contributed by atoms with van der Waals surface area (Å²) in [7, 11) is 0. The number of hydrogen-bond acceptors (Lipinski definition) is 7. The molecule has 32 heavy (non-hydrogen) atoms. The van der Waals surface area contributed by atoms with Crippen molar-refractivity contribution in [3.8, 4) is 5.75 Å². The SMILES string of the molecule is CCC/N=C1/SC(C(=O)c2ccc(OC[C@H](O)CO)c(Cl)c2)C(=O)N1c1ccccc1C. The standard InChI is InChI=1S/C23H25ClN2O5S/c1-3-10-25-23-26(18-7-5-4-6-14(18)2)22(30)21(32-23)20(29)15-8-9-19(17(24)11-15)31-13-16(28)12-27/h4-9,11,16,21,27-28H,3,10,12-13H2,1-2H3/b25-23+/t16-,21?/m1/s1. The molecule has 0 bridgehead atoms. The first-order valence-corrected chi connectivity index (χ1v) is 11.5. The van der Waals surface area contributed by atoms with Crippen LogP contribution in [0.2, 0.25) is 5.02 Å². The van der Waals surface area contributed by atoms with Crippen molar-refractivity contribution in [3.63, 3.8) is 0 Å². The number of rotatable bonds is 9. The van der Waals surface area contributed by atoms with Crippen molar-refractivity contribution in [2.24, 2.45) is 4.99 Å². The number of aliphatic imine (C=N–C) groups is 1. The molecule has 1 unspecified atom stereocenters. The molecule has 3 rings (SSSR count). The summed E-state index contributed by atoms with van der Waals surface area (Å²) < 4.78 is 5.37. The molecule has 1 saturated heterocycles.